The van der Waals surface area contributed by atoms with Crippen LogP contribution < -0.4 is 10.6 Å². The molecule has 1 aromatic carbocycles. The molecule has 0 spiro atoms. The smallest absolute Gasteiger partial charge is 0.315 e. The Kier molecular flexibility index (Phi) is 6.36. The van der Waals surface area contributed by atoms with E-state index in [0.29, 0.717) is 6.54 Å². The summed E-state index contributed by atoms with van der Waals surface area (Å²) < 4.78 is 0. The van der Waals surface area contributed by atoms with Crippen LogP contribution in [0.4, 0.5) is 4.79 Å². The van der Waals surface area contributed by atoms with E-state index >= 15 is 0 Å². The first kappa shape index (κ1) is 15.5. The highest BCUT2D eigenvalue weighted by molar-refractivity contribution is 5.74. The van der Waals surface area contributed by atoms with Gasteiger partial charge in [-0.3, -0.25) is 0 Å². The van der Waals surface area contributed by atoms with E-state index in [1.807, 2.05) is 39.2 Å². The summed E-state index contributed by atoms with van der Waals surface area (Å²) in [5.74, 6) is 0. The number of amides is 2. The predicted molar refractivity (Wildman–Crippen MR) is 79.2 cm³/mol. The van der Waals surface area contributed by atoms with Gasteiger partial charge in [-0.1, -0.05) is 37.3 Å². The maximum Gasteiger partial charge on any atom is 0.315 e. The summed E-state index contributed by atoms with van der Waals surface area (Å²) >= 11 is 0. The second-order valence-electron chi connectivity index (χ2n) is 5.05. The van der Waals surface area contributed by atoms with Crippen LogP contribution in [-0.2, 0) is 0 Å². The molecule has 0 radical (unpaired) electrons. The normalized spacial score (nSPS) is 13.9. The molecule has 2 N–H and O–H groups in total. The monoisotopic (exact) mass is 263 g/mol. The van der Waals surface area contributed by atoms with E-state index in [9.17, 15) is 4.79 Å². The van der Waals surface area contributed by atoms with Crippen LogP contribution in [0.3, 0.4) is 0 Å². The van der Waals surface area contributed by atoms with Gasteiger partial charge in [-0.2, -0.15) is 0 Å². The van der Waals surface area contributed by atoms with Gasteiger partial charge in [0.2, 0.25) is 0 Å². The van der Waals surface area contributed by atoms with Gasteiger partial charge in [-0.25, -0.2) is 4.79 Å². The summed E-state index contributed by atoms with van der Waals surface area (Å²) in [6.45, 7) is 4.65. The standard InChI is InChI=1S/C15H25N3O/c1-5-12(2)17-15(19)16-11-14(18(3)4)13-9-7-6-8-10-13/h6-10,12,14H,5,11H2,1-4H3,(H2,16,17,19). The highest BCUT2D eigenvalue weighted by atomic mass is 16.2. The summed E-state index contributed by atoms with van der Waals surface area (Å²) in [5.41, 5.74) is 1.20. The van der Waals surface area contributed by atoms with E-state index in [4.69, 9.17) is 0 Å². The Labute approximate surface area is 116 Å². The van der Waals surface area contributed by atoms with Crippen molar-refractivity contribution in [3.05, 3.63) is 35.9 Å². The van der Waals surface area contributed by atoms with E-state index in [-0.39, 0.29) is 18.1 Å². The zero-order valence-electron chi connectivity index (χ0n) is 12.3. The fraction of sp³-hybridized carbons (Fsp3) is 0.533. The van der Waals surface area contributed by atoms with Gasteiger partial charge in [0, 0.05) is 12.6 Å². The number of benzene rings is 1. The lowest BCUT2D eigenvalue weighted by atomic mass is 10.1. The van der Waals surface area contributed by atoms with Crippen molar-refractivity contribution in [3.63, 3.8) is 0 Å². The number of nitrogens with one attached hydrogen (secondary N) is 2. The summed E-state index contributed by atoms with van der Waals surface area (Å²) in [6, 6.07) is 10.5. The van der Waals surface area contributed by atoms with Crippen molar-refractivity contribution >= 4 is 6.03 Å². The van der Waals surface area contributed by atoms with Gasteiger partial charge in [0.05, 0.1) is 6.04 Å². The van der Waals surface area contributed by atoms with Crippen molar-refractivity contribution in [2.24, 2.45) is 0 Å². The van der Waals surface area contributed by atoms with Crippen molar-refractivity contribution in [2.75, 3.05) is 20.6 Å². The Balaban J connectivity index is 2.54. The molecular weight excluding hydrogens is 238 g/mol. The first-order valence-corrected chi connectivity index (χ1v) is 6.80. The molecule has 0 aromatic heterocycles. The second-order valence-corrected chi connectivity index (χ2v) is 5.05. The molecule has 2 atom stereocenters. The van der Waals surface area contributed by atoms with Gasteiger partial charge in [-0.05, 0) is 33.0 Å². The molecule has 4 heteroatoms. The van der Waals surface area contributed by atoms with Gasteiger partial charge in [0.1, 0.15) is 0 Å². The molecule has 0 bridgehead atoms. The fourth-order valence-electron chi connectivity index (χ4n) is 1.84. The highest BCUT2D eigenvalue weighted by Gasteiger charge is 2.15. The van der Waals surface area contributed by atoms with Crippen LogP contribution in [0.15, 0.2) is 30.3 Å². The molecule has 106 valence electrons. The predicted octanol–water partition coefficient (Wildman–Crippen LogP) is 2.39. The summed E-state index contributed by atoms with van der Waals surface area (Å²) in [4.78, 5) is 13.8. The Morgan fingerprint density at radius 2 is 1.89 bits per heavy atom. The van der Waals surface area contributed by atoms with Crippen LogP contribution in [0.1, 0.15) is 31.9 Å². The number of urea groups is 1. The molecule has 1 aromatic rings. The Morgan fingerprint density at radius 3 is 2.42 bits per heavy atom. The molecule has 1 rings (SSSR count). The third-order valence-electron chi connectivity index (χ3n) is 3.25. The van der Waals surface area contributed by atoms with Crippen molar-refractivity contribution in [2.45, 2.75) is 32.4 Å². The van der Waals surface area contributed by atoms with E-state index in [1.54, 1.807) is 0 Å². The van der Waals surface area contributed by atoms with Crippen molar-refractivity contribution in [3.8, 4) is 0 Å². The average Bonchev–Trinajstić information content (AvgIpc) is 2.39. The van der Waals surface area contributed by atoms with Crippen LogP contribution in [0.25, 0.3) is 0 Å². The summed E-state index contributed by atoms with van der Waals surface area (Å²) in [7, 11) is 4.04. The van der Waals surface area contributed by atoms with Crippen molar-refractivity contribution < 1.29 is 4.79 Å². The topological polar surface area (TPSA) is 44.4 Å². The van der Waals surface area contributed by atoms with Crippen molar-refractivity contribution in [1.82, 2.24) is 15.5 Å². The van der Waals surface area contributed by atoms with Crippen LogP contribution in [0.5, 0.6) is 0 Å². The minimum absolute atomic E-state index is 0.0999. The summed E-state index contributed by atoms with van der Waals surface area (Å²) in [6.07, 6.45) is 0.934. The molecule has 4 nitrogen and oxygen atoms in total. The molecular formula is C15H25N3O. The van der Waals surface area contributed by atoms with E-state index < -0.39 is 0 Å². The molecule has 19 heavy (non-hydrogen) atoms. The number of carbonyl (C=O) groups is 1. The molecule has 0 saturated carbocycles. The van der Waals surface area contributed by atoms with E-state index in [0.717, 1.165) is 6.42 Å². The Bertz CT molecular complexity index is 378. The number of hydrogen-bond donors (Lipinski definition) is 2. The molecule has 0 fully saturated rings. The SMILES string of the molecule is CCC(C)NC(=O)NCC(c1ccccc1)N(C)C. The molecule has 0 aliphatic rings. The first-order chi connectivity index (χ1) is 9.04. The minimum Gasteiger partial charge on any atom is -0.336 e. The largest absolute Gasteiger partial charge is 0.336 e. The highest BCUT2D eigenvalue weighted by Crippen LogP contribution is 2.16. The molecule has 2 unspecified atom stereocenters. The van der Waals surface area contributed by atoms with Crippen molar-refractivity contribution in [1.29, 1.82) is 0 Å². The average molecular weight is 263 g/mol. The maximum absolute atomic E-state index is 11.7. The lowest BCUT2D eigenvalue weighted by molar-refractivity contribution is 0.229. The minimum atomic E-state index is -0.0999. The van der Waals surface area contributed by atoms with Crippen LogP contribution in [-0.4, -0.2) is 37.6 Å². The lowest BCUT2D eigenvalue weighted by Crippen LogP contribution is -2.43. The van der Waals surface area contributed by atoms with Crippen LogP contribution >= 0.6 is 0 Å². The molecule has 0 aliphatic heterocycles. The first-order valence-electron chi connectivity index (χ1n) is 6.80. The van der Waals surface area contributed by atoms with Gasteiger partial charge in [-0.15, -0.1) is 0 Å². The number of nitrogens with zero attached hydrogens (tertiary/aromatic N) is 1. The Morgan fingerprint density at radius 1 is 1.26 bits per heavy atom. The maximum atomic E-state index is 11.7. The second kappa shape index (κ2) is 7.79. The quantitative estimate of drug-likeness (QED) is 0.827. The zero-order chi connectivity index (χ0) is 14.3. The molecule has 0 saturated heterocycles. The lowest BCUT2D eigenvalue weighted by Gasteiger charge is -2.25. The number of hydrogen-bond acceptors (Lipinski definition) is 2. The number of rotatable bonds is 6. The van der Waals surface area contributed by atoms with Gasteiger partial charge >= 0.3 is 6.03 Å². The van der Waals surface area contributed by atoms with Crippen LogP contribution in [0, 0.1) is 0 Å². The number of carbonyl (C=O) groups excluding carboxylic acids is 1. The fourth-order valence-corrected chi connectivity index (χ4v) is 1.84. The third-order valence-corrected chi connectivity index (χ3v) is 3.25. The van der Waals surface area contributed by atoms with Gasteiger partial charge < -0.3 is 15.5 Å². The van der Waals surface area contributed by atoms with Gasteiger partial charge in [0.15, 0.2) is 0 Å². The summed E-state index contributed by atoms with van der Waals surface area (Å²) in [5, 5.41) is 5.84. The zero-order valence-corrected chi connectivity index (χ0v) is 12.3. The van der Waals surface area contributed by atoms with Crippen LogP contribution in [0.2, 0.25) is 0 Å². The number of likely N-dealkylation sites (N-methyl/N-ethyl adjacent to an activating group) is 1. The van der Waals surface area contributed by atoms with E-state index in [2.05, 4.69) is 34.6 Å². The molecule has 0 aliphatic carbocycles. The van der Waals surface area contributed by atoms with E-state index in [1.165, 1.54) is 5.56 Å². The molecule has 2 amide bonds. The van der Waals surface area contributed by atoms with Gasteiger partial charge in [0.25, 0.3) is 0 Å². The molecule has 0 heterocycles. The Hall–Kier alpha value is -1.55. The third kappa shape index (κ3) is 5.30.